The van der Waals surface area contributed by atoms with Crippen LogP contribution in [0.1, 0.15) is 23.1 Å². The Balaban J connectivity index is 2.96. The molecule has 4 nitrogen and oxygen atoms in total. The fraction of sp³-hybridized carbons (Fsp3) is 0.429. The van der Waals surface area contributed by atoms with Crippen molar-refractivity contribution in [2.24, 2.45) is 0 Å². The standard InChI is InChI=1S/C14H19NO3/c1-9-6-11(3)12(7-10(9)2)15(4)13(16)8-14(17)18-5/h6-7H,8H2,1-5H3. The van der Waals surface area contributed by atoms with Gasteiger partial charge in [0.2, 0.25) is 5.91 Å². The van der Waals surface area contributed by atoms with Crippen LogP contribution >= 0.6 is 0 Å². The minimum atomic E-state index is -0.520. The van der Waals surface area contributed by atoms with E-state index in [2.05, 4.69) is 4.74 Å². The number of nitrogens with zero attached hydrogens (tertiary/aromatic N) is 1. The maximum Gasteiger partial charge on any atom is 0.315 e. The fourth-order valence-electron chi connectivity index (χ4n) is 1.76. The molecule has 0 saturated carbocycles. The molecule has 0 bridgehead atoms. The van der Waals surface area contributed by atoms with E-state index in [1.165, 1.54) is 17.6 Å². The Bertz CT molecular complexity index is 480. The molecule has 1 aromatic rings. The van der Waals surface area contributed by atoms with E-state index in [1.54, 1.807) is 7.05 Å². The second-order valence-corrected chi connectivity index (χ2v) is 4.43. The number of aryl methyl sites for hydroxylation is 3. The number of benzene rings is 1. The van der Waals surface area contributed by atoms with Gasteiger partial charge >= 0.3 is 5.97 Å². The molecule has 0 aromatic heterocycles. The van der Waals surface area contributed by atoms with Crippen LogP contribution < -0.4 is 4.90 Å². The summed E-state index contributed by atoms with van der Waals surface area (Å²) in [4.78, 5) is 24.5. The molecule has 0 unspecified atom stereocenters. The summed E-state index contributed by atoms with van der Waals surface area (Å²) in [5.41, 5.74) is 4.14. The maximum absolute atomic E-state index is 11.9. The fourth-order valence-corrected chi connectivity index (χ4v) is 1.76. The number of carbonyl (C=O) groups excluding carboxylic acids is 2. The van der Waals surface area contributed by atoms with Gasteiger partial charge < -0.3 is 9.64 Å². The highest BCUT2D eigenvalue weighted by Gasteiger charge is 2.17. The van der Waals surface area contributed by atoms with E-state index in [4.69, 9.17) is 0 Å². The molecular weight excluding hydrogens is 230 g/mol. The van der Waals surface area contributed by atoms with Crippen LogP contribution in [0.25, 0.3) is 0 Å². The van der Waals surface area contributed by atoms with Crippen molar-refractivity contribution in [2.45, 2.75) is 27.2 Å². The van der Waals surface area contributed by atoms with Crippen molar-refractivity contribution in [1.29, 1.82) is 0 Å². The highest BCUT2D eigenvalue weighted by molar-refractivity contribution is 6.03. The molecule has 1 aromatic carbocycles. The molecule has 0 spiro atoms. The van der Waals surface area contributed by atoms with Crippen LogP contribution in [0.15, 0.2) is 12.1 Å². The second kappa shape index (κ2) is 5.67. The summed E-state index contributed by atoms with van der Waals surface area (Å²) in [7, 11) is 2.94. The zero-order valence-corrected chi connectivity index (χ0v) is 11.5. The van der Waals surface area contributed by atoms with Gasteiger partial charge in [-0.1, -0.05) is 6.07 Å². The van der Waals surface area contributed by atoms with Gasteiger partial charge in [-0.25, -0.2) is 0 Å². The molecule has 0 aliphatic rings. The molecule has 0 heterocycles. The lowest BCUT2D eigenvalue weighted by Gasteiger charge is -2.20. The van der Waals surface area contributed by atoms with Crippen LogP contribution in [-0.2, 0) is 14.3 Å². The maximum atomic E-state index is 11.9. The molecule has 4 heteroatoms. The van der Waals surface area contributed by atoms with Gasteiger partial charge in [-0.3, -0.25) is 9.59 Å². The zero-order valence-electron chi connectivity index (χ0n) is 11.5. The Kier molecular flexibility index (Phi) is 4.48. The summed E-state index contributed by atoms with van der Waals surface area (Å²) < 4.78 is 4.49. The quantitative estimate of drug-likeness (QED) is 0.609. The molecule has 0 N–H and O–H groups in total. The molecule has 0 aliphatic carbocycles. The van der Waals surface area contributed by atoms with Crippen LogP contribution in [0, 0.1) is 20.8 Å². The highest BCUT2D eigenvalue weighted by Crippen LogP contribution is 2.23. The van der Waals surface area contributed by atoms with E-state index in [0.717, 1.165) is 16.8 Å². The predicted molar refractivity (Wildman–Crippen MR) is 70.7 cm³/mol. The minimum absolute atomic E-state index is 0.237. The predicted octanol–water partition coefficient (Wildman–Crippen LogP) is 2.14. The first-order valence-corrected chi connectivity index (χ1v) is 5.78. The van der Waals surface area contributed by atoms with E-state index >= 15 is 0 Å². The van der Waals surface area contributed by atoms with Crippen molar-refractivity contribution >= 4 is 17.6 Å². The van der Waals surface area contributed by atoms with Gasteiger partial charge in [-0.05, 0) is 43.5 Å². The summed E-state index contributed by atoms with van der Waals surface area (Å²) in [6.45, 7) is 5.98. The van der Waals surface area contributed by atoms with Gasteiger partial charge in [0.05, 0.1) is 7.11 Å². The molecule has 0 fully saturated rings. The van der Waals surface area contributed by atoms with Gasteiger partial charge in [0, 0.05) is 12.7 Å². The van der Waals surface area contributed by atoms with Crippen LogP contribution in [0.4, 0.5) is 5.69 Å². The summed E-state index contributed by atoms with van der Waals surface area (Å²) in [6.07, 6.45) is -0.237. The number of rotatable bonds is 3. The number of methoxy groups -OCH3 is 1. The van der Waals surface area contributed by atoms with Gasteiger partial charge in [0.25, 0.3) is 0 Å². The first-order chi connectivity index (χ1) is 8.36. The summed E-state index contributed by atoms with van der Waals surface area (Å²) in [5, 5.41) is 0. The third kappa shape index (κ3) is 3.09. The SMILES string of the molecule is COC(=O)CC(=O)N(C)c1cc(C)c(C)cc1C. The molecular formula is C14H19NO3. The zero-order chi connectivity index (χ0) is 13.9. The normalized spacial score (nSPS) is 10.1. The summed E-state index contributed by atoms with van der Waals surface area (Å²) >= 11 is 0. The van der Waals surface area contributed by atoms with Crippen molar-refractivity contribution in [3.63, 3.8) is 0 Å². The lowest BCUT2D eigenvalue weighted by atomic mass is 10.0. The van der Waals surface area contributed by atoms with Crippen LogP contribution in [0.2, 0.25) is 0 Å². The topological polar surface area (TPSA) is 46.6 Å². The number of hydrogen-bond acceptors (Lipinski definition) is 3. The minimum Gasteiger partial charge on any atom is -0.469 e. The molecule has 0 radical (unpaired) electrons. The smallest absolute Gasteiger partial charge is 0.315 e. The Labute approximate surface area is 108 Å². The molecule has 0 atom stereocenters. The second-order valence-electron chi connectivity index (χ2n) is 4.43. The van der Waals surface area contributed by atoms with Crippen LogP contribution in [-0.4, -0.2) is 26.0 Å². The van der Waals surface area contributed by atoms with E-state index in [-0.39, 0.29) is 12.3 Å². The van der Waals surface area contributed by atoms with E-state index in [1.807, 2.05) is 32.9 Å². The van der Waals surface area contributed by atoms with E-state index in [0.29, 0.717) is 0 Å². The molecule has 1 amide bonds. The summed E-state index contributed by atoms with van der Waals surface area (Å²) in [5.74, 6) is -0.790. The molecule has 0 aliphatic heterocycles. The Morgan fingerprint density at radius 2 is 1.67 bits per heavy atom. The average Bonchev–Trinajstić information content (AvgIpc) is 2.32. The summed E-state index contributed by atoms with van der Waals surface area (Å²) in [6, 6.07) is 3.99. The highest BCUT2D eigenvalue weighted by atomic mass is 16.5. The van der Waals surface area contributed by atoms with Gasteiger partial charge in [0.15, 0.2) is 0 Å². The largest absolute Gasteiger partial charge is 0.469 e. The number of ether oxygens (including phenoxy) is 1. The Morgan fingerprint density at radius 3 is 2.22 bits per heavy atom. The number of anilines is 1. The van der Waals surface area contributed by atoms with Crippen LogP contribution in [0.5, 0.6) is 0 Å². The third-order valence-corrected chi connectivity index (χ3v) is 3.07. The van der Waals surface area contributed by atoms with Crippen molar-refractivity contribution < 1.29 is 14.3 Å². The lowest BCUT2D eigenvalue weighted by Crippen LogP contribution is -2.29. The van der Waals surface area contributed by atoms with E-state index in [9.17, 15) is 9.59 Å². The Hall–Kier alpha value is -1.84. The number of carbonyl (C=O) groups is 2. The monoisotopic (exact) mass is 249 g/mol. The first-order valence-electron chi connectivity index (χ1n) is 5.78. The number of esters is 1. The Morgan fingerprint density at radius 1 is 1.11 bits per heavy atom. The van der Waals surface area contributed by atoms with E-state index < -0.39 is 5.97 Å². The van der Waals surface area contributed by atoms with Gasteiger partial charge in [-0.2, -0.15) is 0 Å². The first kappa shape index (κ1) is 14.2. The van der Waals surface area contributed by atoms with Gasteiger partial charge in [0.1, 0.15) is 6.42 Å². The van der Waals surface area contributed by atoms with Crippen LogP contribution in [0.3, 0.4) is 0 Å². The average molecular weight is 249 g/mol. The lowest BCUT2D eigenvalue weighted by molar-refractivity contribution is -0.143. The number of amides is 1. The van der Waals surface area contributed by atoms with Crippen molar-refractivity contribution in [3.05, 3.63) is 28.8 Å². The van der Waals surface area contributed by atoms with Gasteiger partial charge in [-0.15, -0.1) is 0 Å². The molecule has 98 valence electrons. The molecule has 1 rings (SSSR count). The van der Waals surface area contributed by atoms with Crippen molar-refractivity contribution in [2.75, 3.05) is 19.1 Å². The van der Waals surface area contributed by atoms with Crippen molar-refractivity contribution in [3.8, 4) is 0 Å². The molecule has 18 heavy (non-hydrogen) atoms. The number of hydrogen-bond donors (Lipinski definition) is 0. The third-order valence-electron chi connectivity index (χ3n) is 3.07. The molecule has 0 saturated heterocycles. The van der Waals surface area contributed by atoms with Crippen molar-refractivity contribution in [1.82, 2.24) is 0 Å².